The average molecular weight is 155 g/mol. The molecule has 0 aromatic carbocycles. The molecule has 0 radical (unpaired) electrons. The fourth-order valence-corrected chi connectivity index (χ4v) is 2.10. The van der Waals surface area contributed by atoms with Crippen LogP contribution >= 0.6 is 0 Å². The van der Waals surface area contributed by atoms with Crippen molar-refractivity contribution in [1.82, 2.24) is 5.32 Å². The minimum atomic E-state index is -0.245. The summed E-state index contributed by atoms with van der Waals surface area (Å²) in [7, 11) is 0. The summed E-state index contributed by atoms with van der Waals surface area (Å²) in [4.78, 5) is 11.2. The average Bonchev–Trinajstić information content (AvgIpc) is 2.37. The summed E-state index contributed by atoms with van der Waals surface area (Å²) in [5, 5.41) is 3.15. The van der Waals surface area contributed by atoms with E-state index >= 15 is 0 Å². The molecule has 0 spiro atoms. The van der Waals surface area contributed by atoms with Gasteiger partial charge in [0.25, 0.3) is 0 Å². The van der Waals surface area contributed by atoms with Crippen LogP contribution in [-0.4, -0.2) is 24.2 Å². The Hall–Kier alpha value is -0.570. The fourth-order valence-electron chi connectivity index (χ4n) is 2.10. The van der Waals surface area contributed by atoms with Crippen molar-refractivity contribution in [3.63, 3.8) is 0 Å². The Morgan fingerprint density at radius 1 is 1.64 bits per heavy atom. The van der Waals surface area contributed by atoms with Gasteiger partial charge in [-0.2, -0.15) is 0 Å². The van der Waals surface area contributed by atoms with E-state index in [9.17, 15) is 4.79 Å². The van der Waals surface area contributed by atoms with Gasteiger partial charge < -0.3 is 10.1 Å². The van der Waals surface area contributed by atoms with Crippen molar-refractivity contribution < 1.29 is 9.53 Å². The number of ether oxygens (including phenoxy) is 1. The highest BCUT2D eigenvalue weighted by atomic mass is 16.6. The quantitative estimate of drug-likeness (QED) is 0.511. The van der Waals surface area contributed by atoms with Crippen molar-refractivity contribution in [2.45, 2.75) is 31.9 Å². The first kappa shape index (κ1) is 7.10. The van der Waals surface area contributed by atoms with E-state index in [-0.39, 0.29) is 17.6 Å². The standard InChI is InChI=1S/C8H13NO2/c1-8(2)5-3-4-9-6(5)7(10)11-8/h5-6,9H,3-4H2,1-2H3/t5-,6+/m0/s1. The lowest BCUT2D eigenvalue weighted by atomic mass is 9.88. The predicted molar refractivity (Wildman–Crippen MR) is 40.1 cm³/mol. The maximum absolute atomic E-state index is 11.2. The minimum Gasteiger partial charge on any atom is -0.458 e. The summed E-state index contributed by atoms with van der Waals surface area (Å²) in [5.41, 5.74) is -0.245. The lowest BCUT2D eigenvalue weighted by Crippen LogP contribution is -2.32. The van der Waals surface area contributed by atoms with E-state index in [0.717, 1.165) is 13.0 Å². The molecule has 2 fully saturated rings. The number of nitrogens with one attached hydrogen (secondary N) is 1. The van der Waals surface area contributed by atoms with Crippen LogP contribution in [0.5, 0.6) is 0 Å². The highest BCUT2D eigenvalue weighted by Crippen LogP contribution is 2.37. The molecule has 0 aromatic heterocycles. The molecule has 0 bridgehead atoms. The van der Waals surface area contributed by atoms with E-state index in [4.69, 9.17) is 4.74 Å². The molecular formula is C8H13NO2. The topological polar surface area (TPSA) is 38.3 Å². The Bertz CT molecular complexity index is 200. The van der Waals surface area contributed by atoms with Crippen molar-refractivity contribution in [1.29, 1.82) is 0 Å². The van der Waals surface area contributed by atoms with E-state index in [1.807, 2.05) is 13.8 Å². The van der Waals surface area contributed by atoms with Gasteiger partial charge in [-0.25, -0.2) is 0 Å². The van der Waals surface area contributed by atoms with Gasteiger partial charge in [-0.1, -0.05) is 0 Å². The molecule has 2 aliphatic heterocycles. The number of carbonyl (C=O) groups excluding carboxylic acids is 1. The smallest absolute Gasteiger partial charge is 0.324 e. The van der Waals surface area contributed by atoms with E-state index in [1.165, 1.54) is 0 Å². The van der Waals surface area contributed by atoms with Crippen LogP contribution in [0.1, 0.15) is 20.3 Å². The van der Waals surface area contributed by atoms with Crippen molar-refractivity contribution in [3.8, 4) is 0 Å². The molecule has 2 atom stereocenters. The van der Waals surface area contributed by atoms with Gasteiger partial charge in [-0.3, -0.25) is 4.79 Å². The molecule has 2 saturated heterocycles. The number of hydrogen-bond acceptors (Lipinski definition) is 3. The molecular weight excluding hydrogens is 142 g/mol. The van der Waals surface area contributed by atoms with Crippen LogP contribution < -0.4 is 5.32 Å². The second kappa shape index (κ2) is 1.97. The Labute approximate surface area is 66.1 Å². The van der Waals surface area contributed by atoms with Gasteiger partial charge in [-0.15, -0.1) is 0 Å². The molecule has 11 heavy (non-hydrogen) atoms. The van der Waals surface area contributed by atoms with Crippen molar-refractivity contribution in [3.05, 3.63) is 0 Å². The first-order valence-electron chi connectivity index (χ1n) is 4.07. The lowest BCUT2D eigenvalue weighted by Gasteiger charge is -2.22. The molecule has 1 N–H and O–H groups in total. The number of fused-ring (bicyclic) bond motifs is 1. The Morgan fingerprint density at radius 2 is 2.36 bits per heavy atom. The van der Waals surface area contributed by atoms with Gasteiger partial charge in [0.05, 0.1) is 0 Å². The third-order valence-electron chi connectivity index (χ3n) is 2.73. The second-order valence-corrected chi connectivity index (χ2v) is 3.85. The number of cyclic esters (lactones) is 1. The molecule has 2 rings (SSSR count). The van der Waals surface area contributed by atoms with Crippen LogP contribution in [0.25, 0.3) is 0 Å². The predicted octanol–water partition coefficient (Wildman–Crippen LogP) is 0.300. The number of rotatable bonds is 0. The monoisotopic (exact) mass is 155 g/mol. The van der Waals surface area contributed by atoms with Gasteiger partial charge in [0.15, 0.2) is 0 Å². The summed E-state index contributed by atoms with van der Waals surface area (Å²) < 4.78 is 5.21. The lowest BCUT2D eigenvalue weighted by molar-refractivity contribution is -0.148. The van der Waals surface area contributed by atoms with Crippen LogP contribution in [0.3, 0.4) is 0 Å². The zero-order valence-corrected chi connectivity index (χ0v) is 6.89. The van der Waals surface area contributed by atoms with Crippen molar-refractivity contribution in [2.24, 2.45) is 5.92 Å². The highest BCUT2D eigenvalue weighted by molar-refractivity contribution is 5.79. The van der Waals surface area contributed by atoms with Gasteiger partial charge >= 0.3 is 5.97 Å². The van der Waals surface area contributed by atoms with Crippen molar-refractivity contribution in [2.75, 3.05) is 6.54 Å². The van der Waals surface area contributed by atoms with E-state index in [0.29, 0.717) is 5.92 Å². The Morgan fingerprint density at radius 3 is 3.00 bits per heavy atom. The van der Waals surface area contributed by atoms with E-state index < -0.39 is 0 Å². The zero-order valence-electron chi connectivity index (χ0n) is 6.89. The van der Waals surface area contributed by atoms with Crippen molar-refractivity contribution >= 4 is 5.97 Å². The number of carbonyl (C=O) groups is 1. The molecule has 2 heterocycles. The summed E-state index contributed by atoms with van der Waals surface area (Å²) in [6.45, 7) is 4.93. The van der Waals surface area contributed by atoms with Crippen LogP contribution in [0.2, 0.25) is 0 Å². The molecule has 2 aliphatic rings. The minimum absolute atomic E-state index is 0.0231. The maximum atomic E-state index is 11.2. The van der Waals surface area contributed by atoms with Crippen LogP contribution in [-0.2, 0) is 9.53 Å². The summed E-state index contributed by atoms with van der Waals surface area (Å²) in [6.07, 6.45) is 1.06. The van der Waals surface area contributed by atoms with E-state index in [1.54, 1.807) is 0 Å². The molecule has 0 aliphatic carbocycles. The SMILES string of the molecule is CC1(C)OC(=O)[C@@H]2NCC[C@@H]21. The fraction of sp³-hybridized carbons (Fsp3) is 0.875. The number of hydrogen-bond donors (Lipinski definition) is 1. The second-order valence-electron chi connectivity index (χ2n) is 3.85. The van der Waals surface area contributed by atoms with Gasteiger partial charge in [-0.05, 0) is 26.8 Å². The first-order valence-corrected chi connectivity index (χ1v) is 4.07. The van der Waals surface area contributed by atoms with Gasteiger partial charge in [0, 0.05) is 5.92 Å². The molecule has 0 saturated carbocycles. The molecule has 0 unspecified atom stereocenters. The van der Waals surface area contributed by atoms with E-state index in [2.05, 4.69) is 5.32 Å². The van der Waals surface area contributed by atoms with Crippen LogP contribution in [0, 0.1) is 5.92 Å². The first-order chi connectivity index (χ1) is 5.11. The summed E-state index contributed by atoms with van der Waals surface area (Å²) >= 11 is 0. The highest BCUT2D eigenvalue weighted by Gasteiger charge is 2.51. The van der Waals surface area contributed by atoms with Crippen LogP contribution in [0.4, 0.5) is 0 Å². The largest absolute Gasteiger partial charge is 0.458 e. The van der Waals surface area contributed by atoms with Gasteiger partial charge in [0.1, 0.15) is 11.6 Å². The maximum Gasteiger partial charge on any atom is 0.324 e. The normalized spacial score (nSPS) is 40.4. The molecule has 0 aromatic rings. The molecule has 3 nitrogen and oxygen atoms in total. The summed E-state index contributed by atoms with van der Waals surface area (Å²) in [5.74, 6) is 0.312. The molecule has 0 amide bonds. The number of esters is 1. The molecule has 3 heteroatoms. The van der Waals surface area contributed by atoms with Crippen LogP contribution in [0.15, 0.2) is 0 Å². The summed E-state index contributed by atoms with van der Waals surface area (Å²) in [6, 6.07) is -0.0231. The van der Waals surface area contributed by atoms with Gasteiger partial charge in [0.2, 0.25) is 0 Å². The third-order valence-corrected chi connectivity index (χ3v) is 2.73. The Balaban J connectivity index is 2.27. The zero-order chi connectivity index (χ0) is 8.06. The molecule has 62 valence electrons. The Kier molecular flexibility index (Phi) is 1.27. The third kappa shape index (κ3) is 0.872.